The molecule has 0 heterocycles. The molecule has 4 heteroatoms. The van der Waals surface area contributed by atoms with Crippen molar-refractivity contribution in [1.29, 1.82) is 5.26 Å². The van der Waals surface area contributed by atoms with Crippen molar-refractivity contribution in [3.8, 4) is 6.07 Å². The van der Waals surface area contributed by atoms with E-state index in [0.29, 0.717) is 0 Å². The van der Waals surface area contributed by atoms with Gasteiger partial charge in [0.2, 0.25) is 5.91 Å². The van der Waals surface area contributed by atoms with E-state index >= 15 is 0 Å². The van der Waals surface area contributed by atoms with Crippen LogP contribution in [0.15, 0.2) is 30.9 Å². The molecular weight excluding hydrogens is 183 g/mol. The van der Waals surface area contributed by atoms with Gasteiger partial charge in [-0.1, -0.05) is 6.58 Å². The lowest BCUT2D eigenvalue weighted by Gasteiger charge is -2.02. The molecule has 3 nitrogen and oxygen atoms in total. The van der Waals surface area contributed by atoms with Gasteiger partial charge in [-0.25, -0.2) is 4.39 Å². The van der Waals surface area contributed by atoms with Gasteiger partial charge in [-0.05, 0) is 24.3 Å². The van der Waals surface area contributed by atoms with Gasteiger partial charge < -0.3 is 5.32 Å². The van der Waals surface area contributed by atoms with Crippen LogP contribution in [0.5, 0.6) is 0 Å². The molecule has 0 fully saturated rings. The second-order valence-corrected chi connectivity index (χ2v) is 2.50. The Morgan fingerprint density at radius 1 is 1.64 bits per heavy atom. The van der Waals surface area contributed by atoms with E-state index in [1.165, 1.54) is 12.1 Å². The van der Waals surface area contributed by atoms with E-state index in [2.05, 4.69) is 11.9 Å². The van der Waals surface area contributed by atoms with Gasteiger partial charge in [-0.2, -0.15) is 5.26 Å². The van der Waals surface area contributed by atoms with Crippen molar-refractivity contribution < 1.29 is 9.18 Å². The zero-order valence-electron chi connectivity index (χ0n) is 7.25. The number of amides is 1. The Bertz CT molecular complexity index is 421. The lowest BCUT2D eigenvalue weighted by molar-refractivity contribution is -0.111. The molecule has 0 saturated carbocycles. The third kappa shape index (κ3) is 2.17. The molecule has 70 valence electrons. The average molecular weight is 190 g/mol. The van der Waals surface area contributed by atoms with E-state index in [1.807, 2.05) is 0 Å². The molecule has 0 radical (unpaired) electrons. The standard InChI is InChI=1S/C10H7FN2O/c1-2-10(14)13-9-4-3-7(6-12)5-8(9)11/h2-5H,1H2,(H,13,14). The zero-order valence-corrected chi connectivity index (χ0v) is 7.25. The van der Waals surface area contributed by atoms with Crippen LogP contribution in [0.4, 0.5) is 10.1 Å². The number of benzene rings is 1. The average Bonchev–Trinajstić information content (AvgIpc) is 2.20. The molecule has 1 aromatic carbocycles. The minimum Gasteiger partial charge on any atom is -0.320 e. The number of nitrogens with one attached hydrogen (secondary N) is 1. The fourth-order valence-corrected chi connectivity index (χ4v) is 0.870. The highest BCUT2D eigenvalue weighted by molar-refractivity contribution is 5.98. The van der Waals surface area contributed by atoms with Crippen LogP contribution >= 0.6 is 0 Å². The smallest absolute Gasteiger partial charge is 0.247 e. The SMILES string of the molecule is C=CC(=O)Nc1ccc(C#N)cc1F. The molecule has 0 aromatic heterocycles. The Labute approximate surface area is 80.5 Å². The monoisotopic (exact) mass is 190 g/mol. The number of nitriles is 1. The number of rotatable bonds is 2. The van der Waals surface area contributed by atoms with Crippen molar-refractivity contribution in [3.05, 3.63) is 42.2 Å². The first kappa shape index (κ1) is 9.93. The molecule has 14 heavy (non-hydrogen) atoms. The van der Waals surface area contributed by atoms with Crippen molar-refractivity contribution in [1.82, 2.24) is 0 Å². The summed E-state index contributed by atoms with van der Waals surface area (Å²) >= 11 is 0. The van der Waals surface area contributed by atoms with Crippen molar-refractivity contribution in [2.24, 2.45) is 0 Å². The van der Waals surface area contributed by atoms with Crippen LogP contribution in [-0.2, 0) is 4.79 Å². The molecular formula is C10H7FN2O. The summed E-state index contributed by atoms with van der Waals surface area (Å²) in [6.45, 7) is 3.23. The molecule has 0 aliphatic rings. The van der Waals surface area contributed by atoms with E-state index in [0.717, 1.165) is 12.1 Å². The van der Waals surface area contributed by atoms with Crippen LogP contribution in [0.3, 0.4) is 0 Å². The predicted molar refractivity (Wildman–Crippen MR) is 49.9 cm³/mol. The number of hydrogen-bond donors (Lipinski definition) is 1. The van der Waals surface area contributed by atoms with Gasteiger partial charge in [0.15, 0.2) is 0 Å². The normalized spacial score (nSPS) is 8.86. The maximum absolute atomic E-state index is 13.1. The maximum atomic E-state index is 13.1. The lowest BCUT2D eigenvalue weighted by atomic mass is 10.2. The first-order valence-electron chi connectivity index (χ1n) is 3.80. The number of hydrogen-bond acceptors (Lipinski definition) is 2. The molecule has 1 rings (SSSR count). The number of anilines is 1. The molecule has 0 aliphatic heterocycles. The Morgan fingerprint density at radius 2 is 2.36 bits per heavy atom. The van der Waals surface area contributed by atoms with Crippen LogP contribution in [0, 0.1) is 17.1 Å². The van der Waals surface area contributed by atoms with E-state index in [1.54, 1.807) is 6.07 Å². The van der Waals surface area contributed by atoms with Crippen LogP contribution < -0.4 is 5.32 Å². The second-order valence-electron chi connectivity index (χ2n) is 2.50. The third-order valence-corrected chi connectivity index (χ3v) is 1.54. The molecule has 1 aromatic rings. The van der Waals surface area contributed by atoms with Crippen molar-refractivity contribution in [3.63, 3.8) is 0 Å². The van der Waals surface area contributed by atoms with Crippen LogP contribution in [0.1, 0.15) is 5.56 Å². The van der Waals surface area contributed by atoms with E-state index in [9.17, 15) is 9.18 Å². The van der Waals surface area contributed by atoms with Crippen molar-refractivity contribution in [2.75, 3.05) is 5.32 Å². The third-order valence-electron chi connectivity index (χ3n) is 1.54. The molecule has 0 aliphatic carbocycles. The molecule has 0 atom stereocenters. The predicted octanol–water partition coefficient (Wildman–Crippen LogP) is 1.82. The van der Waals surface area contributed by atoms with E-state index in [4.69, 9.17) is 5.26 Å². The van der Waals surface area contributed by atoms with Gasteiger partial charge in [-0.3, -0.25) is 4.79 Å². The Balaban J connectivity index is 2.96. The Morgan fingerprint density at radius 3 is 2.86 bits per heavy atom. The lowest BCUT2D eigenvalue weighted by Crippen LogP contribution is -2.08. The Kier molecular flexibility index (Phi) is 2.97. The van der Waals surface area contributed by atoms with Gasteiger partial charge in [0.1, 0.15) is 5.82 Å². The molecule has 1 amide bonds. The highest BCUT2D eigenvalue weighted by Gasteiger charge is 2.04. The molecule has 1 N–H and O–H groups in total. The molecule has 0 unspecified atom stereocenters. The van der Waals surface area contributed by atoms with Gasteiger partial charge in [0, 0.05) is 0 Å². The summed E-state index contributed by atoms with van der Waals surface area (Å²) < 4.78 is 13.1. The van der Waals surface area contributed by atoms with Gasteiger partial charge in [0.25, 0.3) is 0 Å². The Hall–Kier alpha value is -2.15. The largest absolute Gasteiger partial charge is 0.320 e. The second kappa shape index (κ2) is 4.19. The maximum Gasteiger partial charge on any atom is 0.247 e. The summed E-state index contributed by atoms with van der Waals surface area (Å²) in [5.41, 5.74) is 0.244. The van der Waals surface area contributed by atoms with Gasteiger partial charge in [-0.15, -0.1) is 0 Å². The first-order chi connectivity index (χ1) is 6.67. The number of nitrogens with zero attached hydrogens (tertiary/aromatic N) is 1. The zero-order chi connectivity index (χ0) is 10.6. The fourth-order valence-electron chi connectivity index (χ4n) is 0.870. The molecule has 0 spiro atoms. The van der Waals surface area contributed by atoms with Crippen molar-refractivity contribution >= 4 is 11.6 Å². The minimum atomic E-state index is -0.640. The molecule has 0 saturated heterocycles. The number of carbonyl (C=O) groups excluding carboxylic acids is 1. The highest BCUT2D eigenvalue weighted by atomic mass is 19.1. The van der Waals surface area contributed by atoms with Crippen molar-refractivity contribution in [2.45, 2.75) is 0 Å². The first-order valence-corrected chi connectivity index (χ1v) is 3.80. The summed E-state index contributed by atoms with van der Waals surface area (Å²) in [4.78, 5) is 10.8. The number of carbonyl (C=O) groups is 1. The van der Waals surface area contributed by atoms with Crippen LogP contribution in [-0.4, -0.2) is 5.91 Å². The quantitative estimate of drug-likeness (QED) is 0.723. The highest BCUT2D eigenvalue weighted by Crippen LogP contribution is 2.14. The van der Waals surface area contributed by atoms with E-state index < -0.39 is 11.7 Å². The van der Waals surface area contributed by atoms with Crippen LogP contribution in [0.25, 0.3) is 0 Å². The minimum absolute atomic E-state index is 0.0360. The topological polar surface area (TPSA) is 52.9 Å². The van der Waals surface area contributed by atoms with Gasteiger partial charge in [0.05, 0.1) is 17.3 Å². The number of halogens is 1. The van der Waals surface area contributed by atoms with Crippen LogP contribution in [0.2, 0.25) is 0 Å². The molecule has 0 bridgehead atoms. The summed E-state index contributed by atoms with van der Waals surface area (Å²) in [6.07, 6.45) is 1.04. The van der Waals surface area contributed by atoms with Gasteiger partial charge >= 0.3 is 0 Å². The fraction of sp³-hybridized carbons (Fsp3) is 0. The van der Waals surface area contributed by atoms with E-state index in [-0.39, 0.29) is 11.3 Å². The summed E-state index contributed by atoms with van der Waals surface area (Å²) in [7, 11) is 0. The summed E-state index contributed by atoms with van der Waals surface area (Å²) in [5.74, 6) is -1.13. The summed E-state index contributed by atoms with van der Waals surface area (Å²) in [5, 5.41) is 10.7. The summed E-state index contributed by atoms with van der Waals surface area (Å²) in [6, 6.07) is 5.59.